The third-order valence-corrected chi connectivity index (χ3v) is 8.93. The van der Waals surface area contributed by atoms with Crippen molar-refractivity contribution in [3.8, 4) is 22.4 Å². The second-order valence-corrected chi connectivity index (χ2v) is 11.9. The first-order chi connectivity index (χ1) is 18.1. The molecule has 11 heteroatoms. The molecule has 0 aliphatic carbocycles. The Labute approximate surface area is 218 Å². The Morgan fingerprint density at radius 3 is 2.45 bits per heavy atom. The van der Waals surface area contributed by atoms with E-state index in [1.54, 1.807) is 30.7 Å². The summed E-state index contributed by atoms with van der Waals surface area (Å²) in [5.41, 5.74) is 8.35. The molecule has 38 heavy (non-hydrogen) atoms. The van der Waals surface area contributed by atoms with E-state index in [9.17, 15) is 9.00 Å². The molecular weight excluding hydrogens is 510 g/mol. The first kappa shape index (κ1) is 25.5. The van der Waals surface area contributed by atoms with Crippen molar-refractivity contribution in [3.63, 3.8) is 0 Å². The molecule has 1 fully saturated rings. The Morgan fingerprint density at radius 1 is 1.11 bits per heavy atom. The Morgan fingerprint density at radius 2 is 1.79 bits per heavy atom. The molecule has 1 saturated heterocycles. The molecule has 0 atom stereocenters. The molecule has 1 aliphatic heterocycles. The fourth-order valence-corrected chi connectivity index (χ4v) is 6.87. The number of nitrogens with one attached hydrogen (secondary N) is 1. The number of carbonyl (C=O) groups is 1. The second-order valence-electron chi connectivity index (χ2n) is 9.31. The van der Waals surface area contributed by atoms with Crippen LogP contribution in [0.3, 0.4) is 0 Å². The van der Waals surface area contributed by atoms with Crippen molar-refractivity contribution in [3.05, 3.63) is 66.5 Å². The molecule has 0 radical (unpaired) electrons. The Balaban J connectivity index is 1.70. The molecule has 0 bridgehead atoms. The van der Waals surface area contributed by atoms with Gasteiger partial charge in [0.25, 0.3) is 5.91 Å². The van der Waals surface area contributed by atoms with Gasteiger partial charge in [0.05, 0.1) is 26.5 Å². The van der Waals surface area contributed by atoms with Gasteiger partial charge in [0.1, 0.15) is 29.4 Å². The molecule has 8 nitrogen and oxygen atoms in total. The predicted molar refractivity (Wildman–Crippen MR) is 146 cm³/mol. The quantitative estimate of drug-likeness (QED) is 0.324. The van der Waals surface area contributed by atoms with Crippen LogP contribution in [0.4, 0.5) is 26.0 Å². The highest BCUT2D eigenvalue weighted by atomic mass is 32.2. The number of nitrogen functional groups attached to an aromatic ring is 1. The molecule has 1 amide bonds. The van der Waals surface area contributed by atoms with Gasteiger partial charge in [0.15, 0.2) is 0 Å². The summed E-state index contributed by atoms with van der Waals surface area (Å²) in [4.78, 5) is 20.4. The minimum atomic E-state index is -2.38. The van der Waals surface area contributed by atoms with Crippen LogP contribution < -0.4 is 11.1 Å². The van der Waals surface area contributed by atoms with Crippen molar-refractivity contribution in [2.75, 3.05) is 22.6 Å². The number of hydrogen-bond acceptors (Lipinski definition) is 6. The predicted octanol–water partition coefficient (Wildman–Crippen LogP) is 5.57. The van der Waals surface area contributed by atoms with Gasteiger partial charge in [-0.3, -0.25) is 4.79 Å². The van der Waals surface area contributed by atoms with Crippen LogP contribution in [0.2, 0.25) is 0 Å². The molecule has 0 spiro atoms. The summed E-state index contributed by atoms with van der Waals surface area (Å²) in [5.74, 6) is -0.597. The lowest BCUT2D eigenvalue weighted by Gasteiger charge is -2.13. The van der Waals surface area contributed by atoms with Crippen LogP contribution in [0, 0.1) is 11.6 Å². The van der Waals surface area contributed by atoms with E-state index in [1.807, 2.05) is 0 Å². The number of nitrogens with zero attached hydrogens (tertiary/aromatic N) is 4. The maximum absolute atomic E-state index is 15.7. The van der Waals surface area contributed by atoms with Gasteiger partial charge < -0.3 is 15.6 Å². The van der Waals surface area contributed by atoms with E-state index >= 15 is 8.78 Å². The summed E-state index contributed by atoms with van der Waals surface area (Å²) in [6, 6.07) is 8.58. The summed E-state index contributed by atoms with van der Waals surface area (Å²) < 4.78 is 50.0. The minimum Gasteiger partial charge on any atom is -0.383 e. The molecule has 1 aliphatic rings. The van der Waals surface area contributed by atoms with Gasteiger partial charge >= 0.3 is 0 Å². The van der Waals surface area contributed by atoms with E-state index in [0.717, 1.165) is 12.8 Å². The fourth-order valence-electron chi connectivity index (χ4n) is 4.68. The number of fused-ring (bicyclic) bond motifs is 1. The van der Waals surface area contributed by atoms with Crippen molar-refractivity contribution >= 4 is 43.9 Å². The number of nitrogens with two attached hydrogens (primary N) is 1. The zero-order valence-corrected chi connectivity index (χ0v) is 21.7. The number of benzene rings is 2. The maximum atomic E-state index is 15.7. The topological polar surface area (TPSA) is 115 Å². The van der Waals surface area contributed by atoms with Crippen LogP contribution in [0.15, 0.2) is 59.2 Å². The van der Waals surface area contributed by atoms with E-state index in [2.05, 4.69) is 26.2 Å². The molecule has 3 heterocycles. The van der Waals surface area contributed by atoms with Crippen molar-refractivity contribution in [2.24, 2.45) is 11.4 Å². The smallest absolute Gasteiger partial charge is 0.250 e. The highest BCUT2D eigenvalue weighted by Crippen LogP contribution is 2.44. The van der Waals surface area contributed by atoms with E-state index in [1.165, 1.54) is 30.6 Å². The van der Waals surface area contributed by atoms with Gasteiger partial charge in [-0.15, -0.1) is 0 Å². The molecule has 3 N–H and O–H groups in total. The minimum absolute atomic E-state index is 0.111. The van der Waals surface area contributed by atoms with Gasteiger partial charge in [-0.25, -0.2) is 23.0 Å². The number of rotatable bonds is 5. The highest BCUT2D eigenvalue weighted by molar-refractivity contribution is 7.93. The van der Waals surface area contributed by atoms with Crippen LogP contribution in [0.1, 0.15) is 19.8 Å². The number of halogens is 2. The van der Waals surface area contributed by atoms with Gasteiger partial charge in [0.2, 0.25) is 0 Å². The second kappa shape index (κ2) is 9.64. The Kier molecular flexibility index (Phi) is 6.47. The summed E-state index contributed by atoms with van der Waals surface area (Å²) in [6.45, 7) is 5.13. The average molecular weight is 537 g/mol. The molecular formula is C27H26F2N6O2S. The molecule has 4 aromatic rings. The normalized spacial score (nSPS) is 14.5. The molecule has 2 aromatic heterocycles. The van der Waals surface area contributed by atoms with Crippen molar-refractivity contribution in [2.45, 2.75) is 19.8 Å². The van der Waals surface area contributed by atoms with Crippen LogP contribution in [-0.4, -0.2) is 36.2 Å². The fraction of sp³-hybridized carbons (Fsp3) is 0.222. The van der Waals surface area contributed by atoms with Crippen LogP contribution in [0.25, 0.3) is 33.4 Å². The third kappa shape index (κ3) is 4.53. The number of anilines is 2. The lowest BCUT2D eigenvalue weighted by atomic mass is 9.97. The number of carbonyl (C=O) groups excluding carboxylic acids is 1. The Hall–Kier alpha value is -4.12. The van der Waals surface area contributed by atoms with Gasteiger partial charge in [-0.2, -0.15) is 4.36 Å². The summed E-state index contributed by atoms with van der Waals surface area (Å²) in [5, 5.41) is 2.95. The standard InChI is InChI=1S/C27H26F2N6O2S/c1-15(2)27(36)33-16-6-9-19(21(29)12-16)24-22(23-25(30)31-14-32-26(23)35(24)3)18-8-7-17(13-20(18)28)34-38(37)10-4-5-11-38/h6-9,12-14H,1,4-5,10-11H2,2-3H3,(H,33,36)(H2,30,31,32). The largest absolute Gasteiger partial charge is 0.383 e. The third-order valence-electron chi connectivity index (χ3n) is 6.54. The first-order valence-electron chi connectivity index (χ1n) is 12.0. The molecule has 196 valence electrons. The summed E-state index contributed by atoms with van der Waals surface area (Å²) in [6.07, 6.45) is 2.96. The monoisotopic (exact) mass is 536 g/mol. The van der Waals surface area contributed by atoms with E-state index in [0.29, 0.717) is 33.8 Å². The van der Waals surface area contributed by atoms with E-state index in [4.69, 9.17) is 5.73 Å². The van der Waals surface area contributed by atoms with Crippen molar-refractivity contribution in [1.82, 2.24) is 14.5 Å². The average Bonchev–Trinajstić information content (AvgIpc) is 3.41. The zero-order chi connectivity index (χ0) is 27.2. The van der Waals surface area contributed by atoms with Gasteiger partial charge in [0, 0.05) is 52.6 Å². The van der Waals surface area contributed by atoms with Crippen molar-refractivity contribution in [1.29, 1.82) is 0 Å². The maximum Gasteiger partial charge on any atom is 0.250 e. The van der Waals surface area contributed by atoms with E-state index in [-0.39, 0.29) is 33.9 Å². The number of amides is 1. The summed E-state index contributed by atoms with van der Waals surface area (Å²) in [7, 11) is -0.707. The lowest BCUT2D eigenvalue weighted by Crippen LogP contribution is -2.12. The highest BCUT2D eigenvalue weighted by Gasteiger charge is 2.26. The molecule has 0 unspecified atom stereocenters. The number of aryl methyl sites for hydroxylation is 1. The van der Waals surface area contributed by atoms with Crippen LogP contribution in [0.5, 0.6) is 0 Å². The Bertz CT molecular complexity index is 1740. The number of aromatic nitrogens is 3. The van der Waals surface area contributed by atoms with Crippen LogP contribution in [-0.2, 0) is 21.6 Å². The molecule has 2 aromatic carbocycles. The first-order valence-corrected chi connectivity index (χ1v) is 13.8. The van der Waals surface area contributed by atoms with Gasteiger partial charge in [-0.1, -0.05) is 6.58 Å². The molecule has 5 rings (SSSR count). The van der Waals surface area contributed by atoms with Crippen LogP contribution >= 0.6 is 0 Å². The number of hydrogen-bond donors (Lipinski definition) is 2. The lowest BCUT2D eigenvalue weighted by molar-refractivity contribution is -0.112. The van der Waals surface area contributed by atoms with Crippen molar-refractivity contribution < 1.29 is 17.8 Å². The summed E-state index contributed by atoms with van der Waals surface area (Å²) >= 11 is 0. The SMILES string of the molecule is C=C(C)C(=O)Nc1ccc(-c2c(-c3ccc(N=S4(=O)CCCC4)cc3F)c3c(N)ncnc3n2C)c(F)c1. The van der Waals surface area contributed by atoms with Gasteiger partial charge in [-0.05, 0) is 50.1 Å². The molecule has 0 saturated carbocycles. The van der Waals surface area contributed by atoms with E-state index < -0.39 is 27.3 Å². The zero-order valence-electron chi connectivity index (χ0n) is 20.9.